The maximum atomic E-state index is 11.8. The summed E-state index contributed by atoms with van der Waals surface area (Å²) in [5.74, 6) is -0.558. The number of H-pyrrole nitrogens is 1. The molecule has 0 amide bonds. The number of ketones is 1. The minimum atomic E-state index is -0.477. The predicted octanol–water partition coefficient (Wildman–Crippen LogP) is 2.98. The number of methoxy groups -OCH3 is 1. The molecule has 0 fully saturated rings. The molecule has 1 aromatic heterocycles. The van der Waals surface area contributed by atoms with Gasteiger partial charge in [0.25, 0.3) is 0 Å². The first-order chi connectivity index (χ1) is 9.06. The summed E-state index contributed by atoms with van der Waals surface area (Å²) in [6.07, 6.45) is 0. The summed E-state index contributed by atoms with van der Waals surface area (Å²) in [5, 5.41) is 0. The Hall–Kier alpha value is -2.36. The Bertz CT molecular complexity index is 626. The van der Waals surface area contributed by atoms with Gasteiger partial charge in [-0.3, -0.25) is 4.79 Å². The van der Waals surface area contributed by atoms with Crippen LogP contribution < -0.4 is 0 Å². The molecule has 0 bridgehead atoms. The van der Waals surface area contributed by atoms with E-state index in [9.17, 15) is 9.59 Å². The maximum absolute atomic E-state index is 11.8. The Labute approximate surface area is 111 Å². The van der Waals surface area contributed by atoms with Crippen LogP contribution in [0.5, 0.6) is 0 Å². The first-order valence-electron chi connectivity index (χ1n) is 5.93. The van der Waals surface area contributed by atoms with Crippen molar-refractivity contribution >= 4 is 11.8 Å². The Morgan fingerprint density at radius 2 is 1.79 bits per heavy atom. The molecule has 19 heavy (non-hydrogen) atoms. The molecule has 4 heteroatoms. The van der Waals surface area contributed by atoms with E-state index in [4.69, 9.17) is 4.74 Å². The van der Waals surface area contributed by atoms with Crippen LogP contribution in [0.4, 0.5) is 0 Å². The lowest BCUT2D eigenvalue weighted by Crippen LogP contribution is -2.04. The SMILES string of the molecule is COC(=O)c1[nH]c(C)c(C(C)=O)c1-c1ccccc1. The van der Waals surface area contributed by atoms with Crippen molar-refractivity contribution in [3.63, 3.8) is 0 Å². The lowest BCUT2D eigenvalue weighted by atomic mass is 9.98. The highest BCUT2D eigenvalue weighted by Gasteiger charge is 2.24. The lowest BCUT2D eigenvalue weighted by molar-refractivity contribution is 0.0595. The maximum Gasteiger partial charge on any atom is 0.355 e. The number of nitrogens with one attached hydrogen (secondary N) is 1. The molecule has 1 heterocycles. The second-order valence-corrected chi connectivity index (χ2v) is 4.29. The van der Waals surface area contributed by atoms with Crippen LogP contribution in [0.25, 0.3) is 11.1 Å². The number of aryl methyl sites for hydroxylation is 1. The van der Waals surface area contributed by atoms with Gasteiger partial charge in [-0.1, -0.05) is 30.3 Å². The number of hydrogen-bond acceptors (Lipinski definition) is 3. The van der Waals surface area contributed by atoms with Crippen molar-refractivity contribution in [3.8, 4) is 11.1 Å². The number of aromatic amines is 1. The number of aromatic nitrogens is 1. The van der Waals surface area contributed by atoms with E-state index in [1.54, 1.807) is 6.92 Å². The van der Waals surface area contributed by atoms with Gasteiger partial charge in [0.1, 0.15) is 5.69 Å². The van der Waals surface area contributed by atoms with Gasteiger partial charge in [0.2, 0.25) is 0 Å². The van der Waals surface area contributed by atoms with E-state index in [1.807, 2.05) is 30.3 Å². The fraction of sp³-hybridized carbons (Fsp3) is 0.200. The highest BCUT2D eigenvalue weighted by atomic mass is 16.5. The van der Waals surface area contributed by atoms with Gasteiger partial charge in [-0.2, -0.15) is 0 Å². The average Bonchev–Trinajstić information content (AvgIpc) is 2.76. The molecular weight excluding hydrogens is 242 g/mol. The fourth-order valence-corrected chi connectivity index (χ4v) is 2.21. The van der Waals surface area contributed by atoms with Gasteiger partial charge in [0.15, 0.2) is 5.78 Å². The molecule has 2 aromatic rings. The number of benzene rings is 1. The van der Waals surface area contributed by atoms with Crippen molar-refractivity contribution in [2.45, 2.75) is 13.8 Å². The van der Waals surface area contributed by atoms with Crippen molar-refractivity contribution in [1.29, 1.82) is 0 Å². The van der Waals surface area contributed by atoms with Crippen LogP contribution in [0.15, 0.2) is 30.3 Å². The summed E-state index contributed by atoms with van der Waals surface area (Å²) in [5.41, 5.74) is 2.95. The van der Waals surface area contributed by atoms with Crippen molar-refractivity contribution in [3.05, 3.63) is 47.3 Å². The van der Waals surface area contributed by atoms with Crippen LogP contribution >= 0.6 is 0 Å². The molecule has 0 unspecified atom stereocenters. The first-order valence-corrected chi connectivity index (χ1v) is 5.93. The van der Waals surface area contributed by atoms with E-state index in [1.165, 1.54) is 14.0 Å². The second kappa shape index (κ2) is 5.10. The minimum Gasteiger partial charge on any atom is -0.464 e. The summed E-state index contributed by atoms with van der Waals surface area (Å²) >= 11 is 0. The normalized spacial score (nSPS) is 10.3. The van der Waals surface area contributed by atoms with E-state index in [2.05, 4.69) is 4.98 Å². The van der Waals surface area contributed by atoms with Crippen molar-refractivity contribution < 1.29 is 14.3 Å². The quantitative estimate of drug-likeness (QED) is 0.679. The number of carbonyl (C=O) groups is 2. The summed E-state index contributed by atoms with van der Waals surface area (Å²) in [4.78, 5) is 26.6. The summed E-state index contributed by atoms with van der Waals surface area (Å²) < 4.78 is 4.77. The number of rotatable bonds is 3. The molecule has 2 rings (SSSR count). The zero-order valence-corrected chi connectivity index (χ0v) is 11.1. The Kier molecular flexibility index (Phi) is 3.51. The van der Waals surface area contributed by atoms with E-state index in [-0.39, 0.29) is 5.78 Å². The van der Waals surface area contributed by atoms with E-state index in [0.29, 0.717) is 22.5 Å². The lowest BCUT2D eigenvalue weighted by Gasteiger charge is -2.05. The molecule has 98 valence electrons. The third-order valence-electron chi connectivity index (χ3n) is 2.99. The van der Waals surface area contributed by atoms with Crippen molar-refractivity contribution in [1.82, 2.24) is 4.98 Å². The number of ether oxygens (including phenoxy) is 1. The smallest absolute Gasteiger partial charge is 0.355 e. The summed E-state index contributed by atoms with van der Waals surface area (Å²) in [7, 11) is 1.32. The van der Waals surface area contributed by atoms with Gasteiger partial charge in [-0.05, 0) is 19.4 Å². The highest BCUT2D eigenvalue weighted by molar-refractivity contribution is 6.08. The molecule has 0 aliphatic carbocycles. The molecule has 0 atom stereocenters. The molecule has 0 aliphatic rings. The molecule has 0 saturated heterocycles. The molecule has 0 aliphatic heterocycles. The fourth-order valence-electron chi connectivity index (χ4n) is 2.21. The van der Waals surface area contributed by atoms with E-state index < -0.39 is 5.97 Å². The summed E-state index contributed by atoms with van der Waals surface area (Å²) in [6, 6.07) is 9.34. The zero-order chi connectivity index (χ0) is 14.0. The second-order valence-electron chi connectivity index (χ2n) is 4.29. The molecular formula is C15H15NO3. The molecule has 1 N–H and O–H groups in total. The molecule has 0 radical (unpaired) electrons. The number of hydrogen-bond donors (Lipinski definition) is 1. The third kappa shape index (κ3) is 2.29. The molecule has 0 spiro atoms. The third-order valence-corrected chi connectivity index (χ3v) is 2.99. The van der Waals surface area contributed by atoms with Gasteiger partial charge in [0, 0.05) is 16.8 Å². The molecule has 1 aromatic carbocycles. The van der Waals surface area contributed by atoms with Crippen molar-refractivity contribution in [2.24, 2.45) is 0 Å². The number of carbonyl (C=O) groups excluding carboxylic acids is 2. The van der Waals surface area contributed by atoms with Gasteiger partial charge in [0.05, 0.1) is 7.11 Å². The Balaban J connectivity index is 2.75. The Morgan fingerprint density at radius 3 is 2.32 bits per heavy atom. The van der Waals surface area contributed by atoms with Crippen LogP contribution in [-0.2, 0) is 4.74 Å². The minimum absolute atomic E-state index is 0.0808. The highest BCUT2D eigenvalue weighted by Crippen LogP contribution is 2.31. The first kappa shape index (κ1) is 13.1. The van der Waals surface area contributed by atoms with Crippen molar-refractivity contribution in [2.75, 3.05) is 7.11 Å². The van der Waals surface area contributed by atoms with Crippen LogP contribution in [0, 0.1) is 6.92 Å². The van der Waals surface area contributed by atoms with Gasteiger partial charge in [-0.25, -0.2) is 4.79 Å². The number of Topliss-reactive ketones (excluding diaryl/α,β-unsaturated/α-hetero) is 1. The van der Waals surface area contributed by atoms with Crippen LogP contribution in [0.3, 0.4) is 0 Å². The van der Waals surface area contributed by atoms with Gasteiger partial charge >= 0.3 is 5.97 Å². The zero-order valence-electron chi connectivity index (χ0n) is 11.1. The molecule has 0 saturated carbocycles. The Morgan fingerprint density at radius 1 is 1.16 bits per heavy atom. The monoisotopic (exact) mass is 257 g/mol. The topological polar surface area (TPSA) is 59.2 Å². The van der Waals surface area contributed by atoms with Crippen LogP contribution in [0.1, 0.15) is 33.5 Å². The van der Waals surface area contributed by atoms with Gasteiger partial charge < -0.3 is 9.72 Å². The van der Waals surface area contributed by atoms with E-state index >= 15 is 0 Å². The molecule has 4 nitrogen and oxygen atoms in total. The van der Waals surface area contributed by atoms with Crippen LogP contribution in [0.2, 0.25) is 0 Å². The van der Waals surface area contributed by atoms with Gasteiger partial charge in [-0.15, -0.1) is 0 Å². The summed E-state index contributed by atoms with van der Waals surface area (Å²) in [6.45, 7) is 3.26. The number of esters is 1. The largest absolute Gasteiger partial charge is 0.464 e. The van der Waals surface area contributed by atoms with E-state index in [0.717, 1.165) is 5.56 Å². The predicted molar refractivity (Wildman–Crippen MR) is 72.3 cm³/mol. The average molecular weight is 257 g/mol. The standard InChI is InChI=1S/C15H15NO3/c1-9-12(10(2)17)13(11-7-5-4-6-8-11)14(16-9)15(18)19-3/h4-8,16H,1-3H3. The van der Waals surface area contributed by atoms with Crippen LogP contribution in [-0.4, -0.2) is 23.8 Å².